The first-order valence-corrected chi connectivity index (χ1v) is 10.2. The molecule has 1 N–H and O–H groups in total. The number of aliphatic hydroxyl groups excluding tert-OH is 1. The van der Waals surface area contributed by atoms with Gasteiger partial charge >= 0.3 is 0 Å². The molecule has 4 heteroatoms. The smallest absolute Gasteiger partial charge is 0.155 e. The van der Waals surface area contributed by atoms with Crippen molar-refractivity contribution >= 4 is 16.7 Å². The summed E-state index contributed by atoms with van der Waals surface area (Å²) in [7, 11) is 0. The van der Waals surface area contributed by atoms with Crippen molar-refractivity contribution in [1.82, 2.24) is 4.98 Å². The predicted molar refractivity (Wildman–Crippen MR) is 126 cm³/mol. The van der Waals surface area contributed by atoms with E-state index in [2.05, 4.69) is 84.0 Å². The van der Waals surface area contributed by atoms with Gasteiger partial charge in [0.05, 0.1) is 11.3 Å². The minimum absolute atomic E-state index is 0. The van der Waals surface area contributed by atoms with Crippen molar-refractivity contribution in [3.05, 3.63) is 76.6 Å². The molecule has 3 rings (SSSR count). The molecule has 0 saturated carbocycles. The Kier molecular flexibility index (Phi) is 9.35. The van der Waals surface area contributed by atoms with Gasteiger partial charge in [0.15, 0.2) is 5.78 Å². The van der Waals surface area contributed by atoms with Gasteiger partial charge < -0.3 is 5.11 Å². The van der Waals surface area contributed by atoms with Crippen molar-refractivity contribution < 1.29 is 30.0 Å². The van der Waals surface area contributed by atoms with Crippen LogP contribution in [-0.2, 0) is 30.3 Å². The van der Waals surface area contributed by atoms with Crippen LogP contribution in [0.25, 0.3) is 22.2 Å². The van der Waals surface area contributed by atoms with E-state index in [0.29, 0.717) is 0 Å². The standard InChI is InChI=1S/C22H24N.C5H8O2.Ir/c1-14-7-8-17-13-19(22(4,5)6)21(23-20(17)12-14)18-10-15(2)9-16(3)11-18;1-4(6)3-5(2)7;/h7-10,12-13H,1-6H3;3,6H,1-2H3;/q-1;;/b;4-3-;. The van der Waals surface area contributed by atoms with Crippen LogP contribution < -0.4 is 0 Å². The van der Waals surface area contributed by atoms with Crippen LogP contribution in [0.2, 0.25) is 0 Å². The van der Waals surface area contributed by atoms with Crippen LogP contribution >= 0.6 is 0 Å². The molecular formula is C27H32IrNO2-. The third-order valence-corrected chi connectivity index (χ3v) is 4.60. The van der Waals surface area contributed by atoms with E-state index < -0.39 is 0 Å². The number of ketones is 1. The van der Waals surface area contributed by atoms with Crippen molar-refractivity contribution in [2.24, 2.45) is 0 Å². The van der Waals surface area contributed by atoms with E-state index in [4.69, 9.17) is 10.1 Å². The maximum atomic E-state index is 10.0. The molecule has 0 aliphatic rings. The Morgan fingerprint density at radius 1 is 1.00 bits per heavy atom. The number of aromatic nitrogens is 1. The number of benzene rings is 2. The van der Waals surface area contributed by atoms with Crippen molar-refractivity contribution in [3.8, 4) is 11.3 Å². The van der Waals surface area contributed by atoms with E-state index in [1.807, 2.05) is 0 Å². The van der Waals surface area contributed by atoms with Gasteiger partial charge in [-0.25, -0.2) is 0 Å². The third kappa shape index (κ3) is 7.72. The van der Waals surface area contributed by atoms with E-state index >= 15 is 0 Å². The molecule has 0 bridgehead atoms. The number of fused-ring (bicyclic) bond motifs is 1. The number of carbonyl (C=O) groups is 1. The summed E-state index contributed by atoms with van der Waals surface area (Å²) >= 11 is 0. The molecule has 0 spiro atoms. The Morgan fingerprint density at radius 2 is 1.65 bits per heavy atom. The van der Waals surface area contributed by atoms with Crippen molar-refractivity contribution in [2.75, 3.05) is 0 Å². The number of hydrogen-bond acceptors (Lipinski definition) is 3. The molecule has 0 aliphatic carbocycles. The number of carbonyl (C=O) groups excluding carboxylic acids is 1. The Bertz CT molecular complexity index is 1080. The number of rotatable bonds is 2. The van der Waals surface area contributed by atoms with Gasteiger partial charge in [-0.15, -0.1) is 34.9 Å². The van der Waals surface area contributed by atoms with Gasteiger partial charge in [-0.1, -0.05) is 58.4 Å². The van der Waals surface area contributed by atoms with Crippen LogP contribution in [0.1, 0.15) is 56.9 Å². The van der Waals surface area contributed by atoms with Gasteiger partial charge in [0.2, 0.25) is 0 Å². The quantitative estimate of drug-likeness (QED) is 0.198. The fraction of sp³-hybridized carbons (Fsp3) is 0.333. The number of pyridine rings is 1. The van der Waals surface area contributed by atoms with Crippen LogP contribution in [0.4, 0.5) is 0 Å². The normalized spacial score (nSPS) is 11.4. The second-order valence-electron chi connectivity index (χ2n) is 8.98. The molecule has 0 fully saturated rings. The summed E-state index contributed by atoms with van der Waals surface area (Å²) in [6.45, 7) is 15.9. The average Bonchev–Trinajstić information content (AvgIpc) is 2.58. The molecule has 3 aromatic rings. The zero-order valence-electron chi connectivity index (χ0n) is 19.7. The summed E-state index contributed by atoms with van der Waals surface area (Å²) in [5.41, 5.74) is 8.17. The maximum absolute atomic E-state index is 10.0. The van der Waals surface area contributed by atoms with Gasteiger partial charge in [-0.3, -0.25) is 9.78 Å². The van der Waals surface area contributed by atoms with E-state index in [0.717, 1.165) is 22.3 Å². The Balaban J connectivity index is 0.000000523. The van der Waals surface area contributed by atoms with Crippen LogP contribution in [0.3, 0.4) is 0 Å². The largest absolute Gasteiger partial charge is 0.512 e. The Labute approximate surface area is 200 Å². The molecule has 0 amide bonds. The molecule has 1 aromatic heterocycles. The van der Waals surface area contributed by atoms with Gasteiger partial charge in [-0.05, 0) is 48.9 Å². The molecule has 0 unspecified atom stereocenters. The minimum Gasteiger partial charge on any atom is -0.512 e. The average molecular weight is 595 g/mol. The monoisotopic (exact) mass is 595 g/mol. The summed E-state index contributed by atoms with van der Waals surface area (Å²) in [5, 5.41) is 9.57. The summed E-state index contributed by atoms with van der Waals surface area (Å²) in [6, 6.07) is 16.6. The summed E-state index contributed by atoms with van der Waals surface area (Å²) in [4.78, 5) is 15.0. The third-order valence-electron chi connectivity index (χ3n) is 4.60. The Hall–Kier alpha value is -2.29. The molecular weight excluding hydrogens is 563 g/mol. The molecule has 1 heterocycles. The minimum atomic E-state index is -0.125. The fourth-order valence-corrected chi connectivity index (χ4v) is 3.37. The van der Waals surface area contributed by atoms with Crippen molar-refractivity contribution in [2.45, 2.75) is 60.8 Å². The van der Waals surface area contributed by atoms with Crippen LogP contribution in [0, 0.1) is 26.8 Å². The maximum Gasteiger partial charge on any atom is 0.155 e. The number of hydrogen-bond donors (Lipinski definition) is 1. The summed E-state index contributed by atoms with van der Waals surface area (Å²) in [6.07, 6.45) is 1.17. The SMILES string of the molecule is CC(=O)/C=C(/C)O.Cc1[c-]c(-c2nc3cc(C)ccc3cc2C(C)(C)C)cc(C)c1.[Ir]. The van der Waals surface area contributed by atoms with E-state index in [-0.39, 0.29) is 37.1 Å². The molecule has 2 aromatic carbocycles. The fourth-order valence-electron chi connectivity index (χ4n) is 3.37. The second-order valence-corrected chi connectivity index (χ2v) is 8.98. The zero-order valence-corrected chi connectivity index (χ0v) is 22.1. The first-order chi connectivity index (χ1) is 13.9. The van der Waals surface area contributed by atoms with E-state index in [1.54, 1.807) is 0 Å². The molecule has 31 heavy (non-hydrogen) atoms. The topological polar surface area (TPSA) is 50.2 Å². The van der Waals surface area contributed by atoms with Crippen molar-refractivity contribution in [3.63, 3.8) is 0 Å². The van der Waals surface area contributed by atoms with Crippen molar-refractivity contribution in [1.29, 1.82) is 0 Å². The van der Waals surface area contributed by atoms with E-state index in [9.17, 15) is 4.79 Å². The molecule has 0 aliphatic heterocycles. The zero-order chi connectivity index (χ0) is 22.6. The number of aliphatic hydroxyl groups is 1. The molecule has 1 radical (unpaired) electrons. The van der Waals surface area contributed by atoms with Gasteiger partial charge in [-0.2, -0.15) is 0 Å². The van der Waals surface area contributed by atoms with Crippen LogP contribution in [0.5, 0.6) is 0 Å². The Morgan fingerprint density at radius 3 is 2.13 bits per heavy atom. The van der Waals surface area contributed by atoms with Gasteiger partial charge in [0.25, 0.3) is 0 Å². The molecule has 167 valence electrons. The first-order valence-electron chi connectivity index (χ1n) is 10.2. The number of aryl methyl sites for hydroxylation is 3. The molecule has 3 nitrogen and oxygen atoms in total. The molecule has 0 atom stereocenters. The van der Waals surface area contributed by atoms with E-state index in [1.165, 1.54) is 42.0 Å². The van der Waals surface area contributed by atoms with Gasteiger partial charge in [0.1, 0.15) is 0 Å². The second kappa shape index (κ2) is 10.8. The number of nitrogens with zero attached hydrogens (tertiary/aromatic N) is 1. The predicted octanol–water partition coefficient (Wildman–Crippen LogP) is 6.96. The summed E-state index contributed by atoms with van der Waals surface area (Å²) < 4.78 is 0. The summed E-state index contributed by atoms with van der Waals surface area (Å²) in [5.74, 6) is -0.0625. The van der Waals surface area contributed by atoms with Gasteiger partial charge in [0, 0.05) is 26.2 Å². The molecule has 0 saturated heterocycles. The number of allylic oxidation sites excluding steroid dienone is 2. The van der Waals surface area contributed by atoms with Crippen LogP contribution in [-0.4, -0.2) is 15.9 Å². The van der Waals surface area contributed by atoms with Crippen LogP contribution in [0.15, 0.2) is 48.2 Å². The first kappa shape index (κ1) is 26.7.